The molecule has 0 radical (unpaired) electrons. The third-order valence-electron chi connectivity index (χ3n) is 3.57. The summed E-state index contributed by atoms with van der Waals surface area (Å²) in [6.45, 7) is 4.22. The lowest BCUT2D eigenvalue weighted by atomic mass is 10.1. The second-order valence-electron chi connectivity index (χ2n) is 5.37. The Labute approximate surface area is 154 Å². The van der Waals surface area contributed by atoms with Crippen molar-refractivity contribution in [2.45, 2.75) is 19.8 Å². The van der Waals surface area contributed by atoms with E-state index in [1.807, 2.05) is 31.2 Å². The van der Waals surface area contributed by atoms with Gasteiger partial charge >= 0.3 is 0 Å². The Morgan fingerprint density at radius 2 is 2.00 bits per heavy atom. The molecule has 0 atom stereocenters. The lowest BCUT2D eigenvalue weighted by Crippen LogP contribution is -2.27. The molecule has 2 N–H and O–H groups in total. The van der Waals surface area contributed by atoms with Crippen LogP contribution in [0.15, 0.2) is 30.0 Å². The van der Waals surface area contributed by atoms with Gasteiger partial charge in [0.1, 0.15) is 11.6 Å². The fourth-order valence-electron chi connectivity index (χ4n) is 2.19. The van der Waals surface area contributed by atoms with Crippen LogP contribution in [0.4, 0.5) is 0 Å². The zero-order chi connectivity index (χ0) is 19.2. The monoisotopic (exact) mass is 361 g/mol. The summed E-state index contributed by atoms with van der Waals surface area (Å²) in [4.78, 5) is 11.9. The number of carbonyl (C=O) groups is 1. The number of nitrogens with zero attached hydrogens (tertiary/aromatic N) is 1. The van der Waals surface area contributed by atoms with Crippen LogP contribution in [0.5, 0.6) is 11.5 Å². The molecule has 0 aliphatic heterocycles. The highest BCUT2D eigenvalue weighted by Gasteiger charge is 2.08. The van der Waals surface area contributed by atoms with Crippen LogP contribution in [0.1, 0.15) is 18.9 Å². The lowest BCUT2D eigenvalue weighted by Gasteiger charge is -2.09. The Morgan fingerprint density at radius 3 is 2.65 bits per heavy atom. The molecule has 142 valence electrons. The maximum absolute atomic E-state index is 11.9. The molecule has 0 heterocycles. The van der Waals surface area contributed by atoms with E-state index in [9.17, 15) is 4.79 Å². The normalized spacial score (nSPS) is 10.8. The van der Waals surface area contributed by atoms with Gasteiger partial charge in [0.15, 0.2) is 11.5 Å². The second-order valence-corrected chi connectivity index (χ2v) is 5.37. The van der Waals surface area contributed by atoms with E-state index in [4.69, 9.17) is 19.5 Å². The molecule has 0 aliphatic rings. The van der Waals surface area contributed by atoms with E-state index in [2.05, 4.69) is 10.6 Å². The summed E-state index contributed by atoms with van der Waals surface area (Å²) >= 11 is 0. The highest BCUT2D eigenvalue weighted by atomic mass is 16.5. The molecular formula is C19H27N3O4. The van der Waals surface area contributed by atoms with Gasteiger partial charge in [0.05, 0.1) is 14.2 Å². The quantitative estimate of drug-likeness (QED) is 0.335. The van der Waals surface area contributed by atoms with E-state index in [1.54, 1.807) is 14.2 Å². The van der Waals surface area contributed by atoms with Crippen LogP contribution in [-0.2, 0) is 16.0 Å². The standard InChI is InChI=1S/C19H27N3O4/c1-4-26-11-5-9-22-19(23)16(13-20)14-21-10-8-15-6-7-17(24-2)18(12-15)25-3/h6-7,12,14,21H,4-5,8-11H2,1-3H3,(H,22,23)/b16-14-. The average molecular weight is 361 g/mol. The third-order valence-corrected chi connectivity index (χ3v) is 3.57. The van der Waals surface area contributed by atoms with Crippen LogP contribution in [0.2, 0.25) is 0 Å². The second kappa shape index (κ2) is 12.6. The van der Waals surface area contributed by atoms with Gasteiger partial charge in [-0.15, -0.1) is 0 Å². The van der Waals surface area contributed by atoms with E-state index < -0.39 is 0 Å². The average Bonchev–Trinajstić information content (AvgIpc) is 2.67. The van der Waals surface area contributed by atoms with Crippen molar-refractivity contribution in [3.05, 3.63) is 35.5 Å². The number of carbonyl (C=O) groups excluding carboxylic acids is 1. The van der Waals surface area contributed by atoms with E-state index in [-0.39, 0.29) is 11.5 Å². The van der Waals surface area contributed by atoms with Gasteiger partial charge in [0.25, 0.3) is 5.91 Å². The first-order valence-electron chi connectivity index (χ1n) is 8.56. The smallest absolute Gasteiger partial charge is 0.263 e. The SMILES string of the molecule is CCOCCCNC(=O)/C(C#N)=C\NCCc1ccc(OC)c(OC)c1. The minimum atomic E-state index is -0.386. The minimum absolute atomic E-state index is 0.0497. The van der Waals surface area contributed by atoms with Crippen LogP contribution in [0.3, 0.4) is 0 Å². The summed E-state index contributed by atoms with van der Waals surface area (Å²) in [6.07, 6.45) is 2.87. The summed E-state index contributed by atoms with van der Waals surface area (Å²) in [7, 11) is 3.18. The van der Waals surface area contributed by atoms with Crippen LogP contribution < -0.4 is 20.1 Å². The number of rotatable bonds is 12. The number of methoxy groups -OCH3 is 2. The first-order chi connectivity index (χ1) is 12.7. The third kappa shape index (κ3) is 7.45. The van der Waals surface area contributed by atoms with Gasteiger partial charge in [-0.05, 0) is 37.5 Å². The number of amides is 1. The number of nitrogens with one attached hydrogen (secondary N) is 2. The number of benzene rings is 1. The first-order valence-corrected chi connectivity index (χ1v) is 8.56. The Hall–Kier alpha value is -2.72. The van der Waals surface area contributed by atoms with E-state index in [0.29, 0.717) is 50.6 Å². The summed E-state index contributed by atoms with van der Waals surface area (Å²) in [6, 6.07) is 7.60. The van der Waals surface area contributed by atoms with Crippen LogP contribution in [0.25, 0.3) is 0 Å². The topological polar surface area (TPSA) is 92.6 Å². The highest BCUT2D eigenvalue weighted by molar-refractivity contribution is 5.97. The van der Waals surface area contributed by atoms with Gasteiger partial charge in [-0.3, -0.25) is 4.79 Å². The Morgan fingerprint density at radius 1 is 1.23 bits per heavy atom. The maximum Gasteiger partial charge on any atom is 0.263 e. The number of hydrogen-bond acceptors (Lipinski definition) is 6. The van der Waals surface area contributed by atoms with Gasteiger partial charge in [-0.1, -0.05) is 6.07 Å². The van der Waals surface area contributed by atoms with Gasteiger partial charge in [0.2, 0.25) is 0 Å². The van der Waals surface area contributed by atoms with Crippen LogP contribution in [0, 0.1) is 11.3 Å². The van der Waals surface area contributed by atoms with Gasteiger partial charge < -0.3 is 24.8 Å². The summed E-state index contributed by atoms with van der Waals surface area (Å²) in [5.41, 5.74) is 1.11. The van der Waals surface area contributed by atoms with Crippen molar-refractivity contribution in [3.63, 3.8) is 0 Å². The molecule has 0 aromatic heterocycles. The van der Waals surface area contributed by atoms with Crippen LogP contribution in [-0.4, -0.2) is 46.4 Å². The molecular weight excluding hydrogens is 334 g/mol. The van der Waals surface area contributed by atoms with E-state index in [1.165, 1.54) is 6.20 Å². The Balaban J connectivity index is 2.43. The van der Waals surface area contributed by atoms with Crippen molar-refractivity contribution in [2.24, 2.45) is 0 Å². The fourth-order valence-corrected chi connectivity index (χ4v) is 2.19. The summed E-state index contributed by atoms with van der Waals surface area (Å²) in [5.74, 6) is 0.962. The largest absolute Gasteiger partial charge is 0.493 e. The maximum atomic E-state index is 11.9. The van der Waals surface area contributed by atoms with Crippen molar-refractivity contribution >= 4 is 5.91 Å². The molecule has 0 aliphatic carbocycles. The minimum Gasteiger partial charge on any atom is -0.493 e. The molecule has 26 heavy (non-hydrogen) atoms. The van der Waals surface area contributed by atoms with Gasteiger partial charge in [0, 0.05) is 32.5 Å². The molecule has 7 nitrogen and oxygen atoms in total. The molecule has 0 saturated carbocycles. The predicted molar refractivity (Wildman–Crippen MR) is 99.1 cm³/mol. The zero-order valence-corrected chi connectivity index (χ0v) is 15.6. The lowest BCUT2D eigenvalue weighted by molar-refractivity contribution is -0.117. The number of ether oxygens (including phenoxy) is 3. The number of hydrogen-bond donors (Lipinski definition) is 2. The molecule has 0 fully saturated rings. The molecule has 1 aromatic rings. The van der Waals surface area contributed by atoms with Crippen molar-refractivity contribution < 1.29 is 19.0 Å². The predicted octanol–water partition coefficient (Wildman–Crippen LogP) is 1.79. The fraction of sp³-hybridized carbons (Fsp3) is 0.474. The van der Waals surface area contributed by atoms with Gasteiger partial charge in [-0.25, -0.2) is 0 Å². The first kappa shape index (κ1) is 21.3. The molecule has 1 rings (SSSR count). The van der Waals surface area contributed by atoms with Gasteiger partial charge in [-0.2, -0.15) is 5.26 Å². The molecule has 7 heteroatoms. The molecule has 0 saturated heterocycles. The molecule has 0 spiro atoms. The summed E-state index contributed by atoms with van der Waals surface area (Å²) < 4.78 is 15.7. The Bertz CT molecular complexity index is 638. The molecule has 0 unspecified atom stereocenters. The van der Waals surface area contributed by atoms with E-state index >= 15 is 0 Å². The van der Waals surface area contributed by atoms with Crippen molar-refractivity contribution in [1.29, 1.82) is 5.26 Å². The van der Waals surface area contributed by atoms with Crippen LogP contribution >= 0.6 is 0 Å². The summed E-state index contributed by atoms with van der Waals surface area (Å²) in [5, 5.41) is 14.8. The Kier molecular flexibility index (Phi) is 10.3. The van der Waals surface area contributed by atoms with Crippen molar-refractivity contribution in [2.75, 3.05) is 40.5 Å². The van der Waals surface area contributed by atoms with Crippen molar-refractivity contribution in [3.8, 4) is 17.6 Å². The van der Waals surface area contributed by atoms with Crippen molar-refractivity contribution in [1.82, 2.24) is 10.6 Å². The highest BCUT2D eigenvalue weighted by Crippen LogP contribution is 2.27. The zero-order valence-electron chi connectivity index (χ0n) is 15.6. The number of nitriles is 1. The molecule has 1 aromatic carbocycles. The molecule has 1 amide bonds. The van der Waals surface area contributed by atoms with E-state index in [0.717, 1.165) is 5.56 Å². The molecule has 0 bridgehead atoms.